The summed E-state index contributed by atoms with van der Waals surface area (Å²) in [4.78, 5) is 31.7. The predicted molar refractivity (Wildman–Crippen MR) is 124 cm³/mol. The zero-order chi connectivity index (χ0) is 24.5. The molecule has 0 saturated carbocycles. The number of rotatable bonds is 8. The van der Waals surface area contributed by atoms with Crippen LogP contribution >= 0.6 is 0 Å². The van der Waals surface area contributed by atoms with Crippen molar-refractivity contribution in [1.82, 2.24) is 15.1 Å². The van der Waals surface area contributed by atoms with Crippen LogP contribution in [-0.2, 0) is 22.6 Å². The van der Waals surface area contributed by atoms with E-state index in [1.165, 1.54) is 9.91 Å². The summed E-state index contributed by atoms with van der Waals surface area (Å²) in [5.41, 5.74) is 2.31. The van der Waals surface area contributed by atoms with Crippen LogP contribution in [0.1, 0.15) is 25.3 Å². The number of imide groups is 1. The van der Waals surface area contributed by atoms with Crippen LogP contribution in [0.5, 0.6) is 11.5 Å². The fourth-order valence-corrected chi connectivity index (χ4v) is 4.15. The predicted octanol–water partition coefficient (Wildman–Crippen LogP) is 3.20. The first kappa shape index (κ1) is 22.5. The zero-order valence-electron chi connectivity index (χ0n) is 19.5. The smallest absolute Gasteiger partial charge is 0.263 e. The number of methoxy groups -OCH3 is 1. The topological polar surface area (TPSA) is 123 Å². The highest BCUT2D eigenvalue weighted by Crippen LogP contribution is 2.34. The summed E-state index contributed by atoms with van der Waals surface area (Å²) in [6, 6.07) is 10.9. The molecule has 11 nitrogen and oxygen atoms in total. The molecule has 180 valence electrons. The number of hydrogen-bond donors (Lipinski definition) is 0. The Morgan fingerprint density at radius 2 is 1.83 bits per heavy atom. The third-order valence-corrected chi connectivity index (χ3v) is 5.95. The Kier molecular flexibility index (Phi) is 5.89. The van der Waals surface area contributed by atoms with Crippen molar-refractivity contribution >= 4 is 17.5 Å². The van der Waals surface area contributed by atoms with E-state index in [2.05, 4.69) is 20.5 Å². The molecule has 3 aromatic rings. The molecule has 0 bridgehead atoms. The number of benzene rings is 2. The monoisotopic (exact) mass is 476 g/mol. The summed E-state index contributed by atoms with van der Waals surface area (Å²) in [6.07, 6.45) is 0.866. The molecular weight excluding hydrogens is 452 g/mol. The molecule has 2 aliphatic rings. The van der Waals surface area contributed by atoms with Gasteiger partial charge in [-0.25, -0.2) is 4.90 Å². The zero-order valence-corrected chi connectivity index (χ0v) is 19.5. The summed E-state index contributed by atoms with van der Waals surface area (Å²) in [5, 5.41) is 13.5. The van der Waals surface area contributed by atoms with Gasteiger partial charge in [0.1, 0.15) is 6.54 Å². The van der Waals surface area contributed by atoms with Crippen molar-refractivity contribution in [2.24, 2.45) is 10.3 Å². The number of aryl methyl sites for hydroxylation is 1. The number of nitrogens with zero attached hydrogens (tertiary/aromatic N) is 6. The molecule has 2 aromatic carbocycles. The van der Waals surface area contributed by atoms with Gasteiger partial charge >= 0.3 is 0 Å². The van der Waals surface area contributed by atoms with Crippen molar-refractivity contribution < 1.29 is 23.6 Å². The molecule has 2 aliphatic heterocycles. The van der Waals surface area contributed by atoms with E-state index in [4.69, 9.17) is 14.0 Å². The highest BCUT2D eigenvalue weighted by atomic mass is 16.5. The summed E-state index contributed by atoms with van der Waals surface area (Å²) in [6.45, 7) is 4.48. The van der Waals surface area contributed by atoms with Crippen LogP contribution in [0.3, 0.4) is 0 Å². The lowest BCUT2D eigenvalue weighted by Gasteiger charge is -2.19. The Morgan fingerprint density at radius 3 is 2.54 bits per heavy atom. The Labute approximate surface area is 201 Å². The van der Waals surface area contributed by atoms with Gasteiger partial charge in [0.05, 0.1) is 19.4 Å². The first-order valence-electron chi connectivity index (χ1n) is 11.3. The van der Waals surface area contributed by atoms with Crippen LogP contribution in [0.25, 0.3) is 11.4 Å². The standard InChI is InChI=1S/C24H24N6O5/c1-4-14-6-9-16(10-7-14)30-23(31)20-21(24(30)32)29(28-26-20)13-19-25-22(27-35-19)15-8-11-17(34-5-2)18(12-15)33-3/h6-12,20-21H,4-5,13H2,1-3H3/t20-,21+/m0/s1. The van der Waals surface area contributed by atoms with Crippen molar-refractivity contribution in [3.05, 3.63) is 53.9 Å². The number of hydrogen-bond acceptors (Lipinski definition) is 10. The number of aromatic nitrogens is 2. The molecule has 2 atom stereocenters. The van der Waals surface area contributed by atoms with E-state index in [1.54, 1.807) is 37.4 Å². The number of ether oxygens (including phenoxy) is 2. The van der Waals surface area contributed by atoms with Gasteiger partial charge in [-0.3, -0.25) is 14.6 Å². The van der Waals surface area contributed by atoms with Gasteiger partial charge in [-0.05, 0) is 49.2 Å². The van der Waals surface area contributed by atoms with E-state index in [0.717, 1.165) is 12.0 Å². The lowest BCUT2D eigenvalue weighted by Crippen LogP contribution is -2.39. The van der Waals surface area contributed by atoms with Gasteiger partial charge in [0, 0.05) is 5.56 Å². The molecule has 2 amide bonds. The number of carbonyl (C=O) groups excluding carboxylic acids is 2. The first-order valence-corrected chi connectivity index (χ1v) is 11.3. The molecule has 1 fully saturated rings. The largest absolute Gasteiger partial charge is 0.493 e. The lowest BCUT2D eigenvalue weighted by atomic mass is 10.1. The Bertz CT molecular complexity index is 1290. The van der Waals surface area contributed by atoms with E-state index in [9.17, 15) is 9.59 Å². The van der Waals surface area contributed by atoms with Gasteiger partial charge in [0.25, 0.3) is 11.8 Å². The van der Waals surface area contributed by atoms with Crippen LogP contribution in [0.2, 0.25) is 0 Å². The van der Waals surface area contributed by atoms with Gasteiger partial charge < -0.3 is 14.0 Å². The van der Waals surface area contributed by atoms with Crippen LogP contribution in [0.4, 0.5) is 5.69 Å². The van der Waals surface area contributed by atoms with Crippen molar-refractivity contribution in [2.45, 2.75) is 38.9 Å². The first-order chi connectivity index (χ1) is 17.0. The average Bonchev–Trinajstić information content (AvgIpc) is 3.58. The maximum absolute atomic E-state index is 13.2. The Hall–Kier alpha value is -4.28. The van der Waals surface area contributed by atoms with Gasteiger partial charge in [-0.1, -0.05) is 29.4 Å². The van der Waals surface area contributed by atoms with E-state index in [-0.39, 0.29) is 18.3 Å². The van der Waals surface area contributed by atoms with Crippen LogP contribution in [-0.4, -0.2) is 52.8 Å². The summed E-state index contributed by atoms with van der Waals surface area (Å²) in [7, 11) is 1.55. The van der Waals surface area contributed by atoms with E-state index >= 15 is 0 Å². The summed E-state index contributed by atoms with van der Waals surface area (Å²) < 4.78 is 16.3. The molecule has 3 heterocycles. The molecule has 0 aliphatic carbocycles. The van der Waals surface area contributed by atoms with Crippen LogP contribution in [0.15, 0.2) is 57.3 Å². The van der Waals surface area contributed by atoms with E-state index in [0.29, 0.717) is 35.2 Å². The SMILES string of the molecule is CCOc1ccc(-c2noc(CN3N=N[C@@H]4C(=O)N(c5ccc(CC)cc5)C(=O)[C@@H]43)n2)cc1OC. The number of carbonyl (C=O) groups is 2. The second kappa shape index (κ2) is 9.16. The molecule has 0 radical (unpaired) electrons. The van der Waals surface area contributed by atoms with Gasteiger partial charge in [-0.2, -0.15) is 10.1 Å². The quantitative estimate of drug-likeness (QED) is 0.454. The van der Waals surface area contributed by atoms with Crippen molar-refractivity contribution in [1.29, 1.82) is 0 Å². The van der Waals surface area contributed by atoms with Gasteiger partial charge in [0.15, 0.2) is 23.6 Å². The second-order valence-corrected chi connectivity index (χ2v) is 8.03. The number of fused-ring (bicyclic) bond motifs is 1. The summed E-state index contributed by atoms with van der Waals surface area (Å²) >= 11 is 0. The van der Waals surface area contributed by atoms with E-state index < -0.39 is 18.0 Å². The highest BCUT2D eigenvalue weighted by molar-refractivity contribution is 6.25. The van der Waals surface area contributed by atoms with Gasteiger partial charge in [0.2, 0.25) is 11.7 Å². The Morgan fingerprint density at radius 1 is 1.03 bits per heavy atom. The molecule has 35 heavy (non-hydrogen) atoms. The third-order valence-electron chi connectivity index (χ3n) is 5.95. The Balaban J connectivity index is 1.33. The van der Waals surface area contributed by atoms with Crippen molar-refractivity contribution in [2.75, 3.05) is 18.6 Å². The molecular formula is C24H24N6O5. The average molecular weight is 476 g/mol. The minimum atomic E-state index is -0.897. The molecule has 0 unspecified atom stereocenters. The van der Waals surface area contributed by atoms with E-state index in [1.807, 2.05) is 26.0 Å². The maximum atomic E-state index is 13.2. The maximum Gasteiger partial charge on any atom is 0.263 e. The fourth-order valence-electron chi connectivity index (χ4n) is 4.15. The number of anilines is 1. The van der Waals surface area contributed by atoms with Crippen molar-refractivity contribution in [3.8, 4) is 22.9 Å². The van der Waals surface area contributed by atoms with Crippen LogP contribution in [0, 0.1) is 0 Å². The molecule has 0 N–H and O–H groups in total. The minimum Gasteiger partial charge on any atom is -0.493 e. The third kappa shape index (κ3) is 3.98. The second-order valence-electron chi connectivity index (χ2n) is 8.03. The fraction of sp³-hybridized carbons (Fsp3) is 0.333. The normalized spacial score (nSPS) is 18.9. The minimum absolute atomic E-state index is 0.0352. The molecule has 5 rings (SSSR count). The lowest BCUT2D eigenvalue weighted by molar-refractivity contribution is -0.123. The van der Waals surface area contributed by atoms with Crippen LogP contribution < -0.4 is 14.4 Å². The summed E-state index contributed by atoms with van der Waals surface area (Å²) in [5.74, 6) is 0.964. The van der Waals surface area contributed by atoms with Gasteiger partial charge in [-0.15, -0.1) is 0 Å². The number of amides is 2. The highest BCUT2D eigenvalue weighted by Gasteiger charge is 2.55. The molecule has 1 aromatic heterocycles. The van der Waals surface area contributed by atoms with Crippen molar-refractivity contribution in [3.63, 3.8) is 0 Å². The molecule has 1 saturated heterocycles. The molecule has 0 spiro atoms. The molecule has 11 heteroatoms.